The summed E-state index contributed by atoms with van der Waals surface area (Å²) in [6, 6.07) is 10.9. The summed E-state index contributed by atoms with van der Waals surface area (Å²) in [5, 5.41) is 0. The van der Waals surface area contributed by atoms with Gasteiger partial charge in [-0.15, -0.1) is 6.58 Å². The lowest BCUT2D eigenvalue weighted by atomic mass is 10.1. The van der Waals surface area contributed by atoms with Gasteiger partial charge in [-0.25, -0.2) is 0 Å². The standard InChI is InChI=1S/C13H16/c1-2-3-7-12-10-13(12)11-8-5-4-6-9-11/h2,4-6,8-9,12-13H,1,3,7,10H2/t12?,13-/m1/s1. The minimum atomic E-state index is 0.848. The van der Waals surface area contributed by atoms with E-state index in [2.05, 4.69) is 36.9 Å². The summed E-state index contributed by atoms with van der Waals surface area (Å²) in [7, 11) is 0. The Labute approximate surface area is 80.3 Å². The monoisotopic (exact) mass is 172 g/mol. The Kier molecular flexibility index (Phi) is 2.49. The zero-order chi connectivity index (χ0) is 9.10. The van der Waals surface area contributed by atoms with Crippen LogP contribution in [0, 0.1) is 5.92 Å². The van der Waals surface area contributed by atoms with Crippen molar-refractivity contribution in [2.24, 2.45) is 5.92 Å². The van der Waals surface area contributed by atoms with E-state index in [1.807, 2.05) is 6.08 Å². The second-order valence-electron chi connectivity index (χ2n) is 3.88. The molecular weight excluding hydrogens is 156 g/mol. The zero-order valence-electron chi connectivity index (χ0n) is 7.95. The maximum absolute atomic E-state index is 3.76. The molecule has 0 amide bonds. The van der Waals surface area contributed by atoms with Gasteiger partial charge in [0.25, 0.3) is 0 Å². The van der Waals surface area contributed by atoms with Crippen molar-refractivity contribution in [2.45, 2.75) is 25.2 Å². The van der Waals surface area contributed by atoms with Crippen molar-refractivity contribution in [1.29, 1.82) is 0 Å². The lowest BCUT2D eigenvalue weighted by Gasteiger charge is -1.98. The van der Waals surface area contributed by atoms with E-state index in [0.717, 1.165) is 11.8 Å². The highest BCUT2D eigenvalue weighted by Crippen LogP contribution is 2.49. The van der Waals surface area contributed by atoms with Crippen LogP contribution in [-0.2, 0) is 0 Å². The molecule has 13 heavy (non-hydrogen) atoms. The van der Waals surface area contributed by atoms with Crippen LogP contribution < -0.4 is 0 Å². The van der Waals surface area contributed by atoms with Crippen LogP contribution in [0.15, 0.2) is 43.0 Å². The SMILES string of the molecule is C=CCCC1C[C@@H]1c1ccccc1. The number of benzene rings is 1. The molecule has 0 aliphatic heterocycles. The Morgan fingerprint density at radius 3 is 2.77 bits per heavy atom. The van der Waals surface area contributed by atoms with E-state index in [9.17, 15) is 0 Å². The van der Waals surface area contributed by atoms with Gasteiger partial charge in [-0.2, -0.15) is 0 Å². The summed E-state index contributed by atoms with van der Waals surface area (Å²) in [6.07, 6.45) is 5.91. The highest BCUT2D eigenvalue weighted by Gasteiger charge is 2.36. The first-order chi connectivity index (χ1) is 6.42. The van der Waals surface area contributed by atoms with Crippen LogP contribution in [0.5, 0.6) is 0 Å². The zero-order valence-corrected chi connectivity index (χ0v) is 7.95. The van der Waals surface area contributed by atoms with Gasteiger partial charge in [0, 0.05) is 0 Å². The predicted octanol–water partition coefficient (Wildman–Crippen LogP) is 3.76. The van der Waals surface area contributed by atoms with E-state index in [1.165, 1.54) is 24.8 Å². The van der Waals surface area contributed by atoms with Crippen LogP contribution in [0.4, 0.5) is 0 Å². The van der Waals surface area contributed by atoms with E-state index in [-0.39, 0.29) is 0 Å². The fourth-order valence-corrected chi connectivity index (χ4v) is 2.01. The molecule has 0 heteroatoms. The Morgan fingerprint density at radius 2 is 2.08 bits per heavy atom. The summed E-state index contributed by atoms with van der Waals surface area (Å²) in [5.74, 6) is 1.78. The van der Waals surface area contributed by atoms with Crippen molar-refractivity contribution < 1.29 is 0 Å². The molecule has 1 aromatic rings. The maximum Gasteiger partial charge on any atom is -0.0130 e. The van der Waals surface area contributed by atoms with Gasteiger partial charge in [0.15, 0.2) is 0 Å². The van der Waals surface area contributed by atoms with Crippen molar-refractivity contribution in [2.75, 3.05) is 0 Å². The number of hydrogen-bond acceptors (Lipinski definition) is 0. The molecule has 2 atom stereocenters. The fraction of sp³-hybridized carbons (Fsp3) is 0.385. The third kappa shape index (κ3) is 2.00. The van der Waals surface area contributed by atoms with Crippen LogP contribution in [0.25, 0.3) is 0 Å². The van der Waals surface area contributed by atoms with Crippen molar-refractivity contribution in [3.8, 4) is 0 Å². The van der Waals surface area contributed by atoms with Crippen LogP contribution in [-0.4, -0.2) is 0 Å². The predicted molar refractivity (Wildman–Crippen MR) is 56.7 cm³/mol. The van der Waals surface area contributed by atoms with Crippen molar-refractivity contribution in [3.05, 3.63) is 48.6 Å². The molecule has 0 heterocycles. The molecule has 0 N–H and O–H groups in total. The molecule has 1 aliphatic carbocycles. The average molecular weight is 172 g/mol. The number of rotatable bonds is 4. The van der Waals surface area contributed by atoms with E-state index in [4.69, 9.17) is 0 Å². The molecule has 1 saturated carbocycles. The smallest absolute Gasteiger partial charge is 0.0130 e. The molecule has 1 aromatic carbocycles. The van der Waals surface area contributed by atoms with Crippen LogP contribution in [0.1, 0.15) is 30.7 Å². The minimum Gasteiger partial charge on any atom is -0.103 e. The summed E-state index contributed by atoms with van der Waals surface area (Å²) in [6.45, 7) is 3.76. The van der Waals surface area contributed by atoms with Crippen molar-refractivity contribution in [3.63, 3.8) is 0 Å². The van der Waals surface area contributed by atoms with E-state index < -0.39 is 0 Å². The van der Waals surface area contributed by atoms with Gasteiger partial charge in [-0.3, -0.25) is 0 Å². The molecule has 1 unspecified atom stereocenters. The molecular formula is C13H16. The Balaban J connectivity index is 1.89. The van der Waals surface area contributed by atoms with Gasteiger partial charge in [0.05, 0.1) is 0 Å². The third-order valence-corrected chi connectivity index (χ3v) is 2.89. The normalized spacial score (nSPS) is 25.5. The van der Waals surface area contributed by atoms with E-state index in [0.29, 0.717) is 0 Å². The fourth-order valence-electron chi connectivity index (χ4n) is 2.01. The van der Waals surface area contributed by atoms with Gasteiger partial charge in [-0.1, -0.05) is 36.4 Å². The Bertz CT molecular complexity index is 273. The molecule has 1 aliphatic rings. The number of hydrogen-bond donors (Lipinski definition) is 0. The second kappa shape index (κ2) is 3.78. The second-order valence-corrected chi connectivity index (χ2v) is 3.88. The van der Waals surface area contributed by atoms with Gasteiger partial charge >= 0.3 is 0 Å². The summed E-state index contributed by atoms with van der Waals surface area (Å²) in [4.78, 5) is 0. The number of allylic oxidation sites excluding steroid dienone is 1. The molecule has 0 nitrogen and oxygen atoms in total. The van der Waals surface area contributed by atoms with Gasteiger partial charge in [-0.05, 0) is 36.7 Å². The summed E-state index contributed by atoms with van der Waals surface area (Å²) < 4.78 is 0. The van der Waals surface area contributed by atoms with Crippen LogP contribution in [0.3, 0.4) is 0 Å². The molecule has 2 rings (SSSR count). The minimum absolute atomic E-state index is 0.848. The van der Waals surface area contributed by atoms with Crippen molar-refractivity contribution in [1.82, 2.24) is 0 Å². The van der Waals surface area contributed by atoms with E-state index in [1.54, 1.807) is 0 Å². The first-order valence-electron chi connectivity index (χ1n) is 5.07. The topological polar surface area (TPSA) is 0 Å². The van der Waals surface area contributed by atoms with E-state index >= 15 is 0 Å². The van der Waals surface area contributed by atoms with Crippen molar-refractivity contribution >= 4 is 0 Å². The molecule has 0 spiro atoms. The quantitative estimate of drug-likeness (QED) is 0.607. The van der Waals surface area contributed by atoms with Gasteiger partial charge < -0.3 is 0 Å². The summed E-state index contributed by atoms with van der Waals surface area (Å²) in [5.41, 5.74) is 1.52. The van der Waals surface area contributed by atoms with Gasteiger partial charge in [0.1, 0.15) is 0 Å². The molecule has 0 saturated heterocycles. The lowest BCUT2D eigenvalue weighted by molar-refractivity contribution is 0.717. The first-order valence-corrected chi connectivity index (χ1v) is 5.07. The Morgan fingerprint density at radius 1 is 1.31 bits per heavy atom. The molecule has 0 radical (unpaired) electrons. The van der Waals surface area contributed by atoms with Gasteiger partial charge in [0.2, 0.25) is 0 Å². The maximum atomic E-state index is 3.76. The molecule has 0 aromatic heterocycles. The molecule has 68 valence electrons. The molecule has 1 fully saturated rings. The first kappa shape index (κ1) is 8.55. The highest BCUT2D eigenvalue weighted by atomic mass is 14.4. The van der Waals surface area contributed by atoms with Crippen LogP contribution >= 0.6 is 0 Å². The van der Waals surface area contributed by atoms with Crippen LogP contribution in [0.2, 0.25) is 0 Å². The molecule has 0 bridgehead atoms. The average Bonchev–Trinajstić information content (AvgIpc) is 2.95. The Hall–Kier alpha value is -1.04. The third-order valence-electron chi connectivity index (χ3n) is 2.89. The lowest BCUT2D eigenvalue weighted by Crippen LogP contribution is -1.82. The highest BCUT2D eigenvalue weighted by molar-refractivity contribution is 5.25. The summed E-state index contributed by atoms with van der Waals surface area (Å²) >= 11 is 0. The largest absolute Gasteiger partial charge is 0.103 e.